The first kappa shape index (κ1) is 29.4. The number of hydrogen-bond donors (Lipinski definition) is 0. The molecule has 0 aliphatic heterocycles. The quantitative estimate of drug-likeness (QED) is 0.167. The van der Waals surface area contributed by atoms with E-state index in [1.165, 1.54) is 43.2 Å². The van der Waals surface area contributed by atoms with E-state index in [1.807, 2.05) is 24.5 Å². The second-order valence-corrected chi connectivity index (χ2v) is 13.5. The summed E-state index contributed by atoms with van der Waals surface area (Å²) in [5, 5.41) is 10.8. The van der Waals surface area contributed by atoms with Crippen molar-refractivity contribution in [2.45, 2.75) is 13.3 Å². The minimum absolute atomic E-state index is 0.284. The molecule has 242 valence electrons. The lowest BCUT2D eigenvalue weighted by atomic mass is 9.90. The molecule has 7 aromatic carbocycles. The van der Waals surface area contributed by atoms with E-state index in [-0.39, 0.29) is 5.92 Å². The predicted octanol–water partition coefficient (Wildman–Crippen LogP) is 10.8. The normalized spacial score (nSPS) is 14.2. The van der Waals surface area contributed by atoms with E-state index in [2.05, 4.69) is 162 Å². The first-order valence-electron chi connectivity index (χ1n) is 17.6. The zero-order chi connectivity index (χ0) is 33.9. The van der Waals surface area contributed by atoms with Crippen molar-refractivity contribution in [2.24, 2.45) is 5.92 Å². The Labute approximate surface area is 296 Å². The molecule has 4 heteroatoms. The maximum atomic E-state index is 4.97. The fourth-order valence-corrected chi connectivity index (χ4v) is 8.17. The molecule has 2 aromatic heterocycles. The fraction of sp³-hybridized carbons (Fsp3) is 0.0638. The number of rotatable bonds is 6. The van der Waals surface area contributed by atoms with Crippen LogP contribution in [0.2, 0.25) is 0 Å². The summed E-state index contributed by atoms with van der Waals surface area (Å²) in [5.41, 5.74) is 7.76. The van der Waals surface area contributed by atoms with Crippen LogP contribution in [-0.2, 0) is 0 Å². The molecule has 0 radical (unpaired) electrons. The van der Waals surface area contributed by atoms with Crippen molar-refractivity contribution in [1.29, 1.82) is 0 Å². The van der Waals surface area contributed by atoms with Crippen LogP contribution in [0.1, 0.15) is 13.3 Å². The van der Waals surface area contributed by atoms with Crippen LogP contribution >= 0.6 is 0 Å². The van der Waals surface area contributed by atoms with Crippen LogP contribution in [0.4, 0.5) is 28.4 Å². The topological polar surface area (TPSA) is 32.3 Å². The Morgan fingerprint density at radius 1 is 0.490 bits per heavy atom. The van der Waals surface area contributed by atoms with Gasteiger partial charge in [0.25, 0.3) is 0 Å². The number of nitrogens with zero attached hydrogens (tertiary/aromatic N) is 4. The molecule has 0 spiro atoms. The first-order valence-corrected chi connectivity index (χ1v) is 17.6. The summed E-state index contributed by atoms with van der Waals surface area (Å²) in [6.07, 6.45) is 7.10. The lowest BCUT2D eigenvalue weighted by Crippen LogP contribution is -2.40. The molecule has 0 N–H and O–H groups in total. The molecule has 51 heavy (non-hydrogen) atoms. The largest absolute Gasteiger partial charge is 0.311 e. The molecule has 1 aliphatic rings. The predicted molar refractivity (Wildman–Crippen MR) is 214 cm³/mol. The molecule has 0 amide bonds. The molecule has 4 nitrogen and oxygen atoms in total. The number of benzene rings is 7. The monoisotopic (exact) mass is 654 g/mol. The number of aromatic nitrogens is 2. The minimum Gasteiger partial charge on any atom is -0.311 e. The van der Waals surface area contributed by atoms with E-state index >= 15 is 0 Å². The van der Waals surface area contributed by atoms with Gasteiger partial charge in [-0.1, -0.05) is 110 Å². The zero-order valence-corrected chi connectivity index (χ0v) is 28.2. The fourth-order valence-electron chi connectivity index (χ4n) is 8.17. The van der Waals surface area contributed by atoms with Gasteiger partial charge < -0.3 is 9.80 Å². The van der Waals surface area contributed by atoms with Gasteiger partial charge in [0, 0.05) is 45.8 Å². The van der Waals surface area contributed by atoms with Gasteiger partial charge in [-0.2, -0.15) is 0 Å². The highest BCUT2D eigenvalue weighted by Gasteiger charge is 2.26. The van der Waals surface area contributed by atoms with Gasteiger partial charge in [-0.25, -0.2) is 0 Å². The van der Waals surface area contributed by atoms with Gasteiger partial charge >= 0.3 is 0 Å². The van der Waals surface area contributed by atoms with Gasteiger partial charge in [-0.05, 0) is 87.8 Å². The van der Waals surface area contributed by atoms with E-state index in [1.54, 1.807) is 0 Å². The van der Waals surface area contributed by atoms with E-state index in [9.17, 15) is 0 Å². The summed E-state index contributed by atoms with van der Waals surface area (Å²) in [6.45, 7) is 2.32. The van der Waals surface area contributed by atoms with Crippen molar-refractivity contribution in [3.8, 4) is 0 Å². The Morgan fingerprint density at radius 2 is 1.08 bits per heavy atom. The molecule has 1 aliphatic carbocycles. The highest BCUT2D eigenvalue weighted by Crippen LogP contribution is 2.48. The maximum absolute atomic E-state index is 4.97. The van der Waals surface area contributed by atoms with E-state index in [4.69, 9.17) is 9.97 Å². The van der Waals surface area contributed by atoms with Crippen molar-refractivity contribution >= 4 is 83.4 Å². The van der Waals surface area contributed by atoms with Crippen molar-refractivity contribution in [3.05, 3.63) is 175 Å². The summed E-state index contributed by atoms with van der Waals surface area (Å²) in [5.74, 6) is 0.284. The third-order valence-corrected chi connectivity index (χ3v) is 10.5. The molecule has 0 saturated heterocycles. The van der Waals surface area contributed by atoms with Crippen LogP contribution in [0.3, 0.4) is 0 Å². The summed E-state index contributed by atoms with van der Waals surface area (Å²) in [7, 11) is 0. The van der Waals surface area contributed by atoms with Crippen LogP contribution in [0, 0.1) is 5.92 Å². The smallest absolute Gasteiger partial charge is 0.0942 e. The van der Waals surface area contributed by atoms with Crippen LogP contribution in [0.25, 0.3) is 55.0 Å². The average molecular weight is 655 g/mol. The molecule has 2 heterocycles. The lowest BCUT2D eigenvalue weighted by Gasteiger charge is -2.33. The molecule has 1 unspecified atom stereocenters. The van der Waals surface area contributed by atoms with Crippen LogP contribution in [0.5, 0.6) is 0 Å². The van der Waals surface area contributed by atoms with Gasteiger partial charge in [-0.3, -0.25) is 9.97 Å². The minimum atomic E-state index is 0.284. The number of hydrogen-bond acceptors (Lipinski definition) is 4. The van der Waals surface area contributed by atoms with Crippen molar-refractivity contribution in [1.82, 2.24) is 9.97 Å². The van der Waals surface area contributed by atoms with Crippen molar-refractivity contribution in [2.75, 3.05) is 9.80 Å². The standard InChI is InChI=1S/C47H34N4/c1-31-19-20-35-13-10-30-49-46(35)47(31)51(37-16-6-3-7-17-37)41-28-24-33-21-25-38-40(27-23-32-22-26-39(41)44(33)43(32)38)50(36-14-4-2-5-15-36)42-18-8-11-34-12-9-29-48-45(34)42/h2-18,20-31H,19H2,1H3. The number of fused-ring (bicyclic) bond motifs is 2. The maximum Gasteiger partial charge on any atom is 0.0942 e. The van der Waals surface area contributed by atoms with E-state index in [0.29, 0.717) is 0 Å². The Morgan fingerprint density at radius 3 is 1.78 bits per heavy atom. The molecule has 0 saturated carbocycles. The van der Waals surface area contributed by atoms with Crippen molar-refractivity contribution < 1.29 is 0 Å². The van der Waals surface area contributed by atoms with E-state index in [0.717, 1.165) is 51.1 Å². The summed E-state index contributed by atoms with van der Waals surface area (Å²) >= 11 is 0. The second kappa shape index (κ2) is 11.8. The second-order valence-electron chi connectivity index (χ2n) is 13.5. The molecular formula is C47H34N4. The summed E-state index contributed by atoms with van der Waals surface area (Å²) < 4.78 is 0. The Bertz CT molecular complexity index is 2860. The van der Waals surface area contributed by atoms with Gasteiger partial charge in [0.2, 0.25) is 0 Å². The number of para-hydroxylation sites is 3. The van der Waals surface area contributed by atoms with Crippen LogP contribution < -0.4 is 20.4 Å². The average Bonchev–Trinajstić information content (AvgIpc) is 3.19. The molecular weight excluding hydrogens is 621 g/mol. The first-order chi connectivity index (χ1) is 25.2. The molecule has 1 atom stereocenters. The molecule has 0 bridgehead atoms. The number of anilines is 5. The zero-order valence-electron chi connectivity index (χ0n) is 28.2. The Hall–Kier alpha value is -6.52. The van der Waals surface area contributed by atoms with Crippen LogP contribution in [0.15, 0.2) is 164 Å². The Balaban J connectivity index is 1.28. The molecule has 0 fully saturated rings. The third-order valence-electron chi connectivity index (χ3n) is 10.5. The third kappa shape index (κ3) is 4.68. The van der Waals surface area contributed by atoms with Gasteiger partial charge in [0.15, 0.2) is 0 Å². The molecule has 9 aromatic rings. The van der Waals surface area contributed by atoms with Gasteiger partial charge in [-0.15, -0.1) is 0 Å². The summed E-state index contributed by atoms with van der Waals surface area (Å²) in [4.78, 5) is 14.7. The Kier molecular flexibility index (Phi) is 6.81. The number of pyridine rings is 2. The highest BCUT2D eigenvalue weighted by atomic mass is 15.2. The van der Waals surface area contributed by atoms with Gasteiger partial charge in [0.1, 0.15) is 0 Å². The SMILES string of the molecule is CC1CC=c2cccnc2=C1N(c1ccccc1)c1ccc2ccc3c(N(c4ccccc4)c4cccc5cccnc45)ccc4ccc1c2c43. The van der Waals surface area contributed by atoms with Crippen LogP contribution in [-0.4, -0.2) is 9.97 Å². The van der Waals surface area contributed by atoms with E-state index < -0.39 is 0 Å². The lowest BCUT2D eigenvalue weighted by molar-refractivity contribution is 0.748. The highest BCUT2D eigenvalue weighted by molar-refractivity contribution is 6.28. The molecule has 10 rings (SSSR count). The van der Waals surface area contributed by atoms with Gasteiger partial charge in [0.05, 0.1) is 33.6 Å². The van der Waals surface area contributed by atoms with Crippen molar-refractivity contribution in [3.63, 3.8) is 0 Å². The summed E-state index contributed by atoms with van der Waals surface area (Å²) in [6, 6.07) is 54.6.